The van der Waals surface area contributed by atoms with Gasteiger partial charge in [0.15, 0.2) is 0 Å². The number of unbranched alkanes of at least 4 members (excludes halogenated alkanes) is 2. The summed E-state index contributed by atoms with van der Waals surface area (Å²) in [5, 5.41) is 0. The predicted octanol–water partition coefficient (Wildman–Crippen LogP) is 2.65. The van der Waals surface area contributed by atoms with Gasteiger partial charge in [0.05, 0.1) is 13.2 Å². The second-order valence-electron chi connectivity index (χ2n) is 3.60. The minimum absolute atomic E-state index is 0. The van der Waals surface area contributed by atoms with Gasteiger partial charge in [0, 0.05) is 19.6 Å². The lowest BCUT2D eigenvalue weighted by atomic mass is 10.2. The lowest BCUT2D eigenvalue weighted by molar-refractivity contribution is 0.0434. The lowest BCUT2D eigenvalue weighted by Gasteiger charge is -2.25. The Kier molecular flexibility index (Phi) is 10.0. The molecule has 0 amide bonds. The molecule has 0 aromatic heterocycles. The first-order chi connectivity index (χ1) is 6.93. The molecule has 0 unspecified atom stereocenters. The van der Waals surface area contributed by atoms with Crippen molar-refractivity contribution in [3.63, 3.8) is 0 Å². The first kappa shape index (κ1) is 14.7. The van der Waals surface area contributed by atoms with Crippen molar-refractivity contribution in [2.45, 2.75) is 19.3 Å². The average molecular weight is 232 g/mol. The Hall–Kier alpha value is -0.310. The third-order valence-electron chi connectivity index (χ3n) is 2.41. The van der Waals surface area contributed by atoms with Crippen LogP contribution in [0.4, 0.5) is 0 Å². The van der Waals surface area contributed by atoms with Gasteiger partial charge in [-0.2, -0.15) is 0 Å². The Morgan fingerprint density at radius 2 is 1.87 bits per heavy atom. The van der Waals surface area contributed by atoms with Crippen LogP contribution in [-0.4, -0.2) is 37.7 Å². The molecule has 1 aliphatic heterocycles. The molecule has 0 atom stereocenters. The Bertz CT molecular complexity index is 176. The summed E-state index contributed by atoms with van der Waals surface area (Å²) in [5.74, 6) is 0. The van der Waals surface area contributed by atoms with Crippen molar-refractivity contribution >= 4 is 12.4 Å². The summed E-state index contributed by atoms with van der Waals surface area (Å²) in [6.45, 7) is 8.73. The summed E-state index contributed by atoms with van der Waals surface area (Å²) in [6, 6.07) is 0. The van der Waals surface area contributed by atoms with Crippen LogP contribution in [0.25, 0.3) is 0 Å². The summed E-state index contributed by atoms with van der Waals surface area (Å²) in [5.41, 5.74) is 0. The fourth-order valence-corrected chi connectivity index (χ4v) is 1.51. The second kappa shape index (κ2) is 10.2. The van der Waals surface area contributed by atoms with E-state index in [1.165, 1.54) is 12.8 Å². The molecule has 1 rings (SSSR count). The van der Waals surface area contributed by atoms with E-state index in [1.807, 2.05) is 6.08 Å². The minimum atomic E-state index is 0. The maximum absolute atomic E-state index is 5.28. The molecule has 3 heteroatoms. The van der Waals surface area contributed by atoms with Crippen molar-refractivity contribution in [2.75, 3.05) is 32.8 Å². The molecule has 1 aliphatic rings. The Morgan fingerprint density at radius 3 is 2.53 bits per heavy atom. The van der Waals surface area contributed by atoms with Crippen LogP contribution >= 0.6 is 12.4 Å². The number of ether oxygens (including phenoxy) is 1. The maximum Gasteiger partial charge on any atom is 0.0594 e. The number of nitrogens with zero attached hydrogens (tertiary/aromatic N) is 1. The second-order valence-corrected chi connectivity index (χ2v) is 3.60. The van der Waals surface area contributed by atoms with E-state index in [-0.39, 0.29) is 12.4 Å². The van der Waals surface area contributed by atoms with E-state index in [9.17, 15) is 0 Å². The summed E-state index contributed by atoms with van der Waals surface area (Å²) in [6.07, 6.45) is 10.1. The monoisotopic (exact) mass is 231 g/mol. The van der Waals surface area contributed by atoms with E-state index in [4.69, 9.17) is 4.74 Å². The van der Waals surface area contributed by atoms with Crippen LogP contribution in [-0.2, 0) is 4.74 Å². The molecule has 0 spiro atoms. The van der Waals surface area contributed by atoms with E-state index in [0.717, 1.165) is 39.3 Å². The average Bonchev–Trinajstić information content (AvgIpc) is 2.25. The van der Waals surface area contributed by atoms with Crippen LogP contribution in [0.3, 0.4) is 0 Å². The Balaban J connectivity index is 0.00000196. The molecule has 15 heavy (non-hydrogen) atoms. The van der Waals surface area contributed by atoms with Crippen LogP contribution in [0.15, 0.2) is 24.8 Å². The van der Waals surface area contributed by atoms with Crippen molar-refractivity contribution in [1.82, 2.24) is 4.90 Å². The van der Waals surface area contributed by atoms with Gasteiger partial charge in [0.1, 0.15) is 0 Å². The molecule has 0 aliphatic carbocycles. The quantitative estimate of drug-likeness (QED) is 0.515. The molecule has 0 aromatic rings. The van der Waals surface area contributed by atoms with Crippen molar-refractivity contribution < 1.29 is 4.74 Å². The molecule has 0 saturated carbocycles. The molecule has 0 bridgehead atoms. The van der Waals surface area contributed by atoms with Crippen LogP contribution in [0.2, 0.25) is 0 Å². The zero-order valence-electron chi connectivity index (χ0n) is 9.36. The van der Waals surface area contributed by atoms with Gasteiger partial charge in [-0.3, -0.25) is 4.90 Å². The standard InChI is InChI=1S/C12H21NO.ClH/c1-2-3-4-5-6-7-8-13-9-11-14-12-10-13;/h2,6-7H,1,3-5,8-12H2;1H. The summed E-state index contributed by atoms with van der Waals surface area (Å²) in [4.78, 5) is 2.42. The van der Waals surface area contributed by atoms with E-state index in [1.54, 1.807) is 0 Å². The molecular weight excluding hydrogens is 210 g/mol. The topological polar surface area (TPSA) is 12.5 Å². The van der Waals surface area contributed by atoms with E-state index >= 15 is 0 Å². The van der Waals surface area contributed by atoms with Gasteiger partial charge in [0.25, 0.3) is 0 Å². The molecule has 1 saturated heterocycles. The third-order valence-corrected chi connectivity index (χ3v) is 2.41. The largest absolute Gasteiger partial charge is 0.379 e. The number of hydrogen-bond donors (Lipinski definition) is 0. The molecule has 0 aromatic carbocycles. The van der Waals surface area contributed by atoms with Crippen LogP contribution in [0.5, 0.6) is 0 Å². The Labute approximate surface area is 99.4 Å². The highest BCUT2D eigenvalue weighted by Gasteiger charge is 2.07. The van der Waals surface area contributed by atoms with Gasteiger partial charge in [-0.05, 0) is 19.3 Å². The van der Waals surface area contributed by atoms with Crippen molar-refractivity contribution in [3.05, 3.63) is 24.8 Å². The zero-order chi connectivity index (χ0) is 10.1. The summed E-state index contributed by atoms with van der Waals surface area (Å²) in [7, 11) is 0. The number of halogens is 1. The smallest absolute Gasteiger partial charge is 0.0594 e. The molecular formula is C12H22ClNO. The van der Waals surface area contributed by atoms with E-state index < -0.39 is 0 Å². The highest BCUT2D eigenvalue weighted by Crippen LogP contribution is 1.99. The molecule has 2 nitrogen and oxygen atoms in total. The number of hydrogen-bond acceptors (Lipinski definition) is 2. The fourth-order valence-electron chi connectivity index (χ4n) is 1.51. The first-order valence-corrected chi connectivity index (χ1v) is 5.49. The summed E-state index contributed by atoms with van der Waals surface area (Å²) < 4.78 is 5.28. The van der Waals surface area contributed by atoms with Crippen LogP contribution in [0, 0.1) is 0 Å². The van der Waals surface area contributed by atoms with Gasteiger partial charge in [-0.15, -0.1) is 19.0 Å². The van der Waals surface area contributed by atoms with Crippen LogP contribution < -0.4 is 0 Å². The van der Waals surface area contributed by atoms with Gasteiger partial charge in [0.2, 0.25) is 0 Å². The SMILES string of the molecule is C=CCCCC=CCN1CCOCC1.Cl. The highest BCUT2D eigenvalue weighted by atomic mass is 35.5. The maximum atomic E-state index is 5.28. The van der Waals surface area contributed by atoms with Crippen molar-refractivity contribution in [3.8, 4) is 0 Å². The highest BCUT2D eigenvalue weighted by molar-refractivity contribution is 5.85. The van der Waals surface area contributed by atoms with Crippen molar-refractivity contribution in [1.29, 1.82) is 0 Å². The van der Waals surface area contributed by atoms with Gasteiger partial charge in [-0.25, -0.2) is 0 Å². The van der Waals surface area contributed by atoms with Gasteiger partial charge < -0.3 is 4.74 Å². The molecule has 0 N–H and O–H groups in total. The third kappa shape index (κ3) is 7.60. The Morgan fingerprint density at radius 1 is 1.13 bits per heavy atom. The zero-order valence-corrected chi connectivity index (χ0v) is 10.2. The number of allylic oxidation sites excluding steroid dienone is 2. The molecule has 1 fully saturated rings. The van der Waals surface area contributed by atoms with Gasteiger partial charge >= 0.3 is 0 Å². The molecule has 1 heterocycles. The van der Waals surface area contributed by atoms with E-state index in [0.29, 0.717) is 0 Å². The molecule has 0 radical (unpaired) electrons. The fraction of sp³-hybridized carbons (Fsp3) is 0.667. The van der Waals surface area contributed by atoms with Gasteiger partial charge in [-0.1, -0.05) is 18.2 Å². The molecule has 88 valence electrons. The predicted molar refractivity (Wildman–Crippen MR) is 67.7 cm³/mol. The van der Waals surface area contributed by atoms with Crippen molar-refractivity contribution in [2.24, 2.45) is 0 Å². The minimum Gasteiger partial charge on any atom is -0.379 e. The first-order valence-electron chi connectivity index (χ1n) is 5.49. The van der Waals surface area contributed by atoms with Crippen LogP contribution in [0.1, 0.15) is 19.3 Å². The number of morpholine rings is 1. The number of rotatable bonds is 6. The lowest BCUT2D eigenvalue weighted by Crippen LogP contribution is -2.36. The normalized spacial score (nSPS) is 17.6. The summed E-state index contributed by atoms with van der Waals surface area (Å²) >= 11 is 0. The van der Waals surface area contributed by atoms with E-state index in [2.05, 4.69) is 23.6 Å².